The molecule has 2 aromatic heterocycles. The molecule has 3 aromatic rings. The minimum absolute atomic E-state index is 0.186. The third-order valence-electron chi connectivity index (χ3n) is 3.59. The van der Waals surface area contributed by atoms with Crippen molar-refractivity contribution in [2.75, 3.05) is 0 Å². The van der Waals surface area contributed by atoms with Crippen molar-refractivity contribution < 1.29 is 4.79 Å². The molecule has 5 heteroatoms. The van der Waals surface area contributed by atoms with Crippen LogP contribution in [0.25, 0.3) is 11.0 Å². The van der Waals surface area contributed by atoms with Crippen LogP contribution in [0.4, 0.5) is 0 Å². The number of para-hydroxylation sites is 2. The van der Waals surface area contributed by atoms with E-state index in [0.717, 1.165) is 23.4 Å². The Morgan fingerprint density at radius 1 is 1.17 bits per heavy atom. The molecule has 0 spiro atoms. The largest absolute Gasteiger partial charge is 0.343 e. The molecular formula is C18H20N4O. The molecule has 0 bridgehead atoms. The van der Waals surface area contributed by atoms with Crippen LogP contribution in [-0.4, -0.2) is 20.4 Å². The van der Waals surface area contributed by atoms with Gasteiger partial charge in [0.25, 0.3) is 5.91 Å². The number of amides is 1. The quantitative estimate of drug-likeness (QED) is 0.788. The lowest BCUT2D eigenvalue weighted by Gasteiger charge is -2.12. The van der Waals surface area contributed by atoms with Gasteiger partial charge in [-0.2, -0.15) is 0 Å². The standard InChI is InChI=1S/C18H20N4O/c1-13(2)12-22-16-9-4-3-7-14(16)21-17(22)11-20-18(23)15-8-5-6-10-19-15/h3-10,13H,11-12H2,1-2H3,(H,20,23). The summed E-state index contributed by atoms with van der Waals surface area (Å²) in [5, 5.41) is 2.91. The molecule has 23 heavy (non-hydrogen) atoms. The summed E-state index contributed by atoms with van der Waals surface area (Å²) in [6.45, 7) is 5.60. The number of fused-ring (bicyclic) bond motifs is 1. The molecule has 0 saturated heterocycles. The van der Waals surface area contributed by atoms with Gasteiger partial charge >= 0.3 is 0 Å². The number of aromatic nitrogens is 3. The van der Waals surface area contributed by atoms with Crippen LogP contribution in [0.2, 0.25) is 0 Å². The predicted molar refractivity (Wildman–Crippen MR) is 90.0 cm³/mol. The maximum Gasteiger partial charge on any atom is 0.270 e. The molecule has 1 amide bonds. The van der Waals surface area contributed by atoms with E-state index in [4.69, 9.17) is 0 Å². The number of carbonyl (C=O) groups excluding carboxylic acids is 1. The molecular weight excluding hydrogens is 288 g/mol. The fourth-order valence-electron chi connectivity index (χ4n) is 2.58. The first-order valence-electron chi connectivity index (χ1n) is 7.78. The number of hydrogen-bond acceptors (Lipinski definition) is 3. The first kappa shape index (κ1) is 15.2. The Bertz CT molecular complexity index is 808. The summed E-state index contributed by atoms with van der Waals surface area (Å²) in [4.78, 5) is 20.9. The van der Waals surface area contributed by atoms with Crippen molar-refractivity contribution in [1.29, 1.82) is 0 Å². The fourth-order valence-corrected chi connectivity index (χ4v) is 2.58. The van der Waals surface area contributed by atoms with Gasteiger partial charge in [0.2, 0.25) is 0 Å². The topological polar surface area (TPSA) is 59.8 Å². The summed E-state index contributed by atoms with van der Waals surface area (Å²) in [7, 11) is 0. The van der Waals surface area contributed by atoms with Gasteiger partial charge in [-0.1, -0.05) is 32.0 Å². The Hall–Kier alpha value is -2.69. The molecule has 0 radical (unpaired) electrons. The van der Waals surface area contributed by atoms with Crippen LogP contribution < -0.4 is 5.32 Å². The van der Waals surface area contributed by atoms with E-state index >= 15 is 0 Å². The number of imidazole rings is 1. The van der Waals surface area contributed by atoms with Crippen LogP contribution in [0.3, 0.4) is 0 Å². The van der Waals surface area contributed by atoms with Crippen molar-refractivity contribution >= 4 is 16.9 Å². The summed E-state index contributed by atoms with van der Waals surface area (Å²) in [5.74, 6) is 1.18. The van der Waals surface area contributed by atoms with Crippen LogP contribution in [0.15, 0.2) is 48.7 Å². The van der Waals surface area contributed by atoms with E-state index in [-0.39, 0.29) is 5.91 Å². The number of hydrogen-bond donors (Lipinski definition) is 1. The van der Waals surface area contributed by atoms with E-state index in [1.165, 1.54) is 0 Å². The minimum atomic E-state index is -0.186. The highest BCUT2D eigenvalue weighted by Gasteiger charge is 2.13. The third kappa shape index (κ3) is 3.39. The first-order chi connectivity index (χ1) is 11.1. The molecule has 1 N–H and O–H groups in total. The molecule has 118 valence electrons. The van der Waals surface area contributed by atoms with Gasteiger partial charge < -0.3 is 9.88 Å². The van der Waals surface area contributed by atoms with E-state index in [0.29, 0.717) is 18.2 Å². The third-order valence-corrected chi connectivity index (χ3v) is 3.59. The summed E-state index contributed by atoms with van der Waals surface area (Å²) < 4.78 is 2.18. The number of nitrogens with one attached hydrogen (secondary N) is 1. The lowest BCUT2D eigenvalue weighted by molar-refractivity contribution is 0.0944. The Morgan fingerprint density at radius 2 is 1.96 bits per heavy atom. The highest BCUT2D eigenvalue weighted by molar-refractivity contribution is 5.92. The zero-order valence-electron chi connectivity index (χ0n) is 13.4. The van der Waals surface area contributed by atoms with Gasteiger partial charge in [0.1, 0.15) is 11.5 Å². The molecule has 1 aromatic carbocycles. The summed E-state index contributed by atoms with van der Waals surface area (Å²) in [6.07, 6.45) is 1.61. The minimum Gasteiger partial charge on any atom is -0.343 e. The monoisotopic (exact) mass is 308 g/mol. The van der Waals surface area contributed by atoms with Crippen LogP contribution in [0, 0.1) is 5.92 Å². The molecule has 0 aliphatic rings. The van der Waals surface area contributed by atoms with E-state index < -0.39 is 0 Å². The highest BCUT2D eigenvalue weighted by atomic mass is 16.1. The first-order valence-corrected chi connectivity index (χ1v) is 7.78. The Balaban J connectivity index is 1.83. The normalized spacial score (nSPS) is 11.1. The van der Waals surface area contributed by atoms with E-state index in [2.05, 4.69) is 39.8 Å². The van der Waals surface area contributed by atoms with Crippen LogP contribution in [-0.2, 0) is 13.1 Å². The fraction of sp³-hybridized carbons (Fsp3) is 0.278. The second-order valence-electron chi connectivity index (χ2n) is 5.92. The number of carbonyl (C=O) groups is 1. The van der Waals surface area contributed by atoms with Crippen LogP contribution >= 0.6 is 0 Å². The maximum absolute atomic E-state index is 12.2. The Labute approximate surface area is 135 Å². The van der Waals surface area contributed by atoms with Gasteiger partial charge in [-0.15, -0.1) is 0 Å². The summed E-state index contributed by atoms with van der Waals surface area (Å²) >= 11 is 0. The van der Waals surface area contributed by atoms with Crippen molar-refractivity contribution in [2.45, 2.75) is 26.9 Å². The van der Waals surface area contributed by atoms with E-state index in [1.54, 1.807) is 24.4 Å². The molecule has 2 heterocycles. The van der Waals surface area contributed by atoms with Gasteiger partial charge in [0, 0.05) is 12.7 Å². The van der Waals surface area contributed by atoms with Crippen molar-refractivity contribution in [3.8, 4) is 0 Å². The highest BCUT2D eigenvalue weighted by Crippen LogP contribution is 2.17. The number of benzene rings is 1. The smallest absolute Gasteiger partial charge is 0.270 e. The summed E-state index contributed by atoms with van der Waals surface area (Å²) in [6, 6.07) is 13.3. The van der Waals surface area contributed by atoms with Crippen molar-refractivity contribution in [2.24, 2.45) is 5.92 Å². The SMILES string of the molecule is CC(C)Cn1c(CNC(=O)c2ccccn2)nc2ccccc21. The molecule has 0 saturated carbocycles. The second kappa shape index (κ2) is 6.60. The van der Waals surface area contributed by atoms with E-state index in [9.17, 15) is 4.79 Å². The van der Waals surface area contributed by atoms with Crippen LogP contribution in [0.1, 0.15) is 30.2 Å². The second-order valence-corrected chi connectivity index (χ2v) is 5.92. The molecule has 0 atom stereocenters. The maximum atomic E-state index is 12.2. The number of rotatable bonds is 5. The van der Waals surface area contributed by atoms with Gasteiger partial charge in [-0.3, -0.25) is 9.78 Å². The Morgan fingerprint density at radius 3 is 2.70 bits per heavy atom. The molecule has 0 unspecified atom stereocenters. The molecule has 0 aliphatic carbocycles. The van der Waals surface area contributed by atoms with Crippen molar-refractivity contribution in [3.63, 3.8) is 0 Å². The molecule has 0 fully saturated rings. The van der Waals surface area contributed by atoms with Crippen LogP contribution in [0.5, 0.6) is 0 Å². The number of pyridine rings is 1. The van der Waals surface area contributed by atoms with Gasteiger partial charge in [0.05, 0.1) is 17.6 Å². The van der Waals surface area contributed by atoms with E-state index in [1.807, 2.05) is 18.2 Å². The average Bonchev–Trinajstić information content (AvgIpc) is 2.91. The molecule has 0 aliphatic heterocycles. The van der Waals surface area contributed by atoms with Crippen molar-refractivity contribution in [3.05, 3.63) is 60.2 Å². The molecule has 3 rings (SSSR count). The predicted octanol–water partition coefficient (Wildman–Crippen LogP) is 3.02. The van der Waals surface area contributed by atoms with Gasteiger partial charge in [-0.25, -0.2) is 4.98 Å². The zero-order valence-corrected chi connectivity index (χ0v) is 13.4. The number of nitrogens with zero attached hydrogens (tertiary/aromatic N) is 3. The van der Waals surface area contributed by atoms with Gasteiger partial charge in [0.15, 0.2) is 0 Å². The zero-order chi connectivity index (χ0) is 16.2. The average molecular weight is 308 g/mol. The van der Waals surface area contributed by atoms with Crippen molar-refractivity contribution in [1.82, 2.24) is 19.9 Å². The van der Waals surface area contributed by atoms with Gasteiger partial charge in [-0.05, 0) is 30.2 Å². The lowest BCUT2D eigenvalue weighted by atomic mass is 10.2. The molecule has 5 nitrogen and oxygen atoms in total. The lowest BCUT2D eigenvalue weighted by Crippen LogP contribution is -2.25. The Kier molecular flexibility index (Phi) is 4.37. The summed E-state index contributed by atoms with van der Waals surface area (Å²) in [5.41, 5.74) is 2.47.